The zero-order valence-corrected chi connectivity index (χ0v) is 15.7. The summed E-state index contributed by atoms with van der Waals surface area (Å²) >= 11 is 0. The molecule has 1 heterocycles. The number of nitro benzene ring substituents is 1. The third-order valence-corrected chi connectivity index (χ3v) is 3.61. The zero-order valence-electron chi connectivity index (χ0n) is 15.7. The van der Waals surface area contributed by atoms with Crippen molar-refractivity contribution < 1.29 is 27.9 Å². The van der Waals surface area contributed by atoms with Crippen LogP contribution in [-0.2, 0) is 0 Å². The average Bonchev–Trinajstić information content (AvgIpc) is 2.70. The molecular formula is C19H18F2N2O5. The maximum absolute atomic E-state index is 14.1. The minimum Gasteiger partial charge on any atom is -0.493 e. The molecule has 3 rings (SSSR count). The molecule has 0 spiro atoms. The summed E-state index contributed by atoms with van der Waals surface area (Å²) in [4.78, 5) is 13.9. The first kappa shape index (κ1) is 20.8. The van der Waals surface area contributed by atoms with Gasteiger partial charge in [-0.2, -0.15) is 0 Å². The highest BCUT2D eigenvalue weighted by Crippen LogP contribution is 2.38. The molecule has 0 fully saturated rings. The Morgan fingerprint density at radius 2 is 1.54 bits per heavy atom. The number of nitrogens with zero attached hydrogens (tertiary/aromatic N) is 2. The zero-order chi connectivity index (χ0) is 20.8. The summed E-state index contributed by atoms with van der Waals surface area (Å²) in [5.74, 6) is -2.23. The topological polar surface area (TPSA) is 83.7 Å². The number of rotatable bonds is 5. The van der Waals surface area contributed by atoms with Crippen LogP contribution in [0.4, 0.5) is 14.5 Å². The van der Waals surface area contributed by atoms with Gasteiger partial charge in [0.15, 0.2) is 28.9 Å². The first-order chi connectivity index (χ1) is 13.4. The Bertz CT molecular complexity index is 988. The van der Waals surface area contributed by atoms with E-state index in [1.807, 2.05) is 13.8 Å². The summed E-state index contributed by atoms with van der Waals surface area (Å²) in [6.45, 7) is 4.00. The first-order valence-electron chi connectivity index (χ1n) is 8.26. The monoisotopic (exact) mass is 392 g/mol. The number of non-ortho nitro benzene ring substituents is 1. The molecule has 28 heavy (non-hydrogen) atoms. The van der Waals surface area contributed by atoms with Gasteiger partial charge in [0.25, 0.3) is 5.69 Å². The molecule has 0 unspecified atom stereocenters. The summed E-state index contributed by atoms with van der Waals surface area (Å²) in [5.41, 5.74) is -0.263. The minimum atomic E-state index is -1.19. The van der Waals surface area contributed by atoms with E-state index in [0.717, 1.165) is 0 Å². The molecule has 1 aromatic heterocycles. The molecule has 0 aliphatic rings. The minimum absolute atomic E-state index is 0.0996. The van der Waals surface area contributed by atoms with Crippen molar-refractivity contribution in [3.05, 3.63) is 58.3 Å². The van der Waals surface area contributed by atoms with E-state index in [1.54, 1.807) is 12.1 Å². The number of aromatic nitrogens is 1. The summed E-state index contributed by atoms with van der Waals surface area (Å²) in [6.07, 6.45) is 1.39. The molecule has 7 nitrogen and oxygen atoms in total. The Labute approximate surface area is 159 Å². The number of pyridine rings is 1. The van der Waals surface area contributed by atoms with E-state index in [0.29, 0.717) is 34.5 Å². The molecule has 148 valence electrons. The van der Waals surface area contributed by atoms with Crippen molar-refractivity contribution in [1.29, 1.82) is 0 Å². The molecule has 0 N–H and O–H groups in total. The van der Waals surface area contributed by atoms with E-state index in [9.17, 15) is 18.9 Å². The van der Waals surface area contributed by atoms with E-state index in [1.165, 1.54) is 26.5 Å². The third-order valence-electron chi connectivity index (χ3n) is 3.61. The number of hydrogen-bond acceptors (Lipinski definition) is 6. The van der Waals surface area contributed by atoms with Crippen LogP contribution in [0, 0.1) is 21.7 Å². The van der Waals surface area contributed by atoms with E-state index in [4.69, 9.17) is 14.2 Å². The standard InChI is InChI=1S/C17H12F2N2O5.C2H6/c1-24-15-7-10-13(8-16(15)25-2)20-4-3-14(10)26-17-11(18)5-9(21(22)23)6-12(17)19;1-2/h3-8H,1-2H3;1-2H3. The molecule has 2 aromatic carbocycles. The van der Waals surface area contributed by atoms with Gasteiger partial charge in [0.1, 0.15) is 5.75 Å². The molecule has 0 saturated heterocycles. The molecule has 0 radical (unpaired) electrons. The fourth-order valence-corrected chi connectivity index (χ4v) is 2.40. The lowest BCUT2D eigenvalue weighted by atomic mass is 10.1. The number of hydrogen-bond donors (Lipinski definition) is 0. The summed E-state index contributed by atoms with van der Waals surface area (Å²) in [7, 11) is 2.90. The molecule has 0 amide bonds. The van der Waals surface area contributed by atoms with Crippen molar-refractivity contribution in [1.82, 2.24) is 4.98 Å². The lowest BCUT2D eigenvalue weighted by Crippen LogP contribution is -1.98. The number of ether oxygens (including phenoxy) is 3. The summed E-state index contributed by atoms with van der Waals surface area (Å²) in [5, 5.41) is 11.1. The van der Waals surface area contributed by atoms with Gasteiger partial charge in [-0.25, -0.2) is 8.78 Å². The van der Waals surface area contributed by atoms with E-state index in [-0.39, 0.29) is 5.75 Å². The first-order valence-corrected chi connectivity index (χ1v) is 8.26. The molecule has 0 atom stereocenters. The van der Waals surface area contributed by atoms with Gasteiger partial charge in [0.2, 0.25) is 0 Å². The molecule has 0 aliphatic heterocycles. The lowest BCUT2D eigenvalue weighted by Gasteiger charge is -2.13. The van der Waals surface area contributed by atoms with Crippen LogP contribution >= 0.6 is 0 Å². The maximum Gasteiger partial charge on any atom is 0.275 e. The Kier molecular flexibility index (Phi) is 6.64. The molecule has 3 aromatic rings. The number of nitro groups is 1. The fourth-order valence-electron chi connectivity index (χ4n) is 2.40. The molecule has 0 bridgehead atoms. The van der Waals surface area contributed by atoms with Gasteiger partial charge in [0.05, 0.1) is 36.8 Å². The molecule has 9 heteroatoms. The quantitative estimate of drug-likeness (QED) is 0.435. The SMILES string of the molecule is CC.COc1cc2nccc(Oc3c(F)cc([N+](=O)[O-])cc3F)c2cc1OC. The molecular weight excluding hydrogens is 374 g/mol. The normalized spacial score (nSPS) is 10.1. The van der Waals surface area contributed by atoms with Crippen molar-refractivity contribution in [2.75, 3.05) is 14.2 Å². The van der Waals surface area contributed by atoms with Crippen molar-refractivity contribution >= 4 is 16.6 Å². The van der Waals surface area contributed by atoms with Gasteiger partial charge in [-0.05, 0) is 12.1 Å². The Morgan fingerprint density at radius 1 is 0.964 bits per heavy atom. The number of fused-ring (bicyclic) bond motifs is 1. The second kappa shape index (κ2) is 8.94. The van der Waals surface area contributed by atoms with E-state index >= 15 is 0 Å². The predicted octanol–water partition coefficient (Wildman–Crippen LogP) is 5.26. The smallest absolute Gasteiger partial charge is 0.275 e. The van der Waals surface area contributed by atoms with Crippen molar-refractivity contribution in [3.8, 4) is 23.0 Å². The number of methoxy groups -OCH3 is 2. The Hall–Kier alpha value is -3.49. The second-order valence-corrected chi connectivity index (χ2v) is 5.13. The largest absolute Gasteiger partial charge is 0.493 e. The van der Waals surface area contributed by atoms with Crippen LogP contribution in [0.15, 0.2) is 36.5 Å². The summed E-state index contributed by atoms with van der Waals surface area (Å²) in [6, 6.07) is 5.73. The van der Waals surface area contributed by atoms with E-state index < -0.39 is 28.0 Å². The van der Waals surface area contributed by atoms with E-state index in [2.05, 4.69) is 4.98 Å². The van der Waals surface area contributed by atoms with Crippen molar-refractivity contribution in [2.24, 2.45) is 0 Å². The number of benzene rings is 2. The highest BCUT2D eigenvalue weighted by molar-refractivity contribution is 5.88. The highest BCUT2D eigenvalue weighted by atomic mass is 19.1. The van der Waals surface area contributed by atoms with Gasteiger partial charge in [-0.3, -0.25) is 15.1 Å². The number of halogens is 2. The Balaban J connectivity index is 0.00000136. The van der Waals surface area contributed by atoms with Crippen LogP contribution in [0.2, 0.25) is 0 Å². The van der Waals surface area contributed by atoms with Gasteiger partial charge >= 0.3 is 0 Å². The second-order valence-electron chi connectivity index (χ2n) is 5.13. The van der Waals surface area contributed by atoms with Gasteiger partial charge in [-0.1, -0.05) is 13.8 Å². The van der Waals surface area contributed by atoms with Gasteiger partial charge in [-0.15, -0.1) is 0 Å². The predicted molar refractivity (Wildman–Crippen MR) is 99.3 cm³/mol. The Morgan fingerprint density at radius 3 is 2.07 bits per heavy atom. The maximum atomic E-state index is 14.1. The van der Waals surface area contributed by atoms with Crippen molar-refractivity contribution in [2.45, 2.75) is 13.8 Å². The van der Waals surface area contributed by atoms with Crippen LogP contribution in [0.5, 0.6) is 23.0 Å². The van der Waals surface area contributed by atoms with Crippen LogP contribution in [0.3, 0.4) is 0 Å². The molecule has 0 saturated carbocycles. The highest BCUT2D eigenvalue weighted by Gasteiger charge is 2.20. The summed E-state index contributed by atoms with van der Waals surface area (Å²) < 4.78 is 43.9. The van der Waals surface area contributed by atoms with Crippen LogP contribution < -0.4 is 14.2 Å². The van der Waals surface area contributed by atoms with Crippen molar-refractivity contribution in [3.63, 3.8) is 0 Å². The third kappa shape index (κ3) is 4.08. The molecule has 0 aliphatic carbocycles. The average molecular weight is 392 g/mol. The lowest BCUT2D eigenvalue weighted by molar-refractivity contribution is -0.385. The van der Waals surface area contributed by atoms with Gasteiger partial charge in [0, 0.05) is 17.6 Å². The van der Waals surface area contributed by atoms with Crippen LogP contribution in [0.25, 0.3) is 10.9 Å². The van der Waals surface area contributed by atoms with Crippen LogP contribution in [-0.4, -0.2) is 24.1 Å². The fraction of sp³-hybridized carbons (Fsp3) is 0.211. The van der Waals surface area contributed by atoms with Crippen LogP contribution in [0.1, 0.15) is 13.8 Å². The van der Waals surface area contributed by atoms with Gasteiger partial charge < -0.3 is 14.2 Å².